The van der Waals surface area contributed by atoms with Gasteiger partial charge in [-0.3, -0.25) is 9.97 Å². The van der Waals surface area contributed by atoms with E-state index in [0.717, 1.165) is 44.5 Å². The molecule has 0 saturated heterocycles. The Hall–Kier alpha value is -4.98. The minimum absolute atomic E-state index is 0.232. The van der Waals surface area contributed by atoms with E-state index in [4.69, 9.17) is 9.47 Å². The molecule has 0 fully saturated rings. The summed E-state index contributed by atoms with van der Waals surface area (Å²) in [5, 5.41) is 4.89. The molecule has 0 aliphatic heterocycles. The van der Waals surface area contributed by atoms with E-state index in [1.165, 1.54) is 5.39 Å². The number of aryl methyl sites for hydroxylation is 1. The molecule has 0 spiro atoms. The molecule has 6 aromatic rings. The summed E-state index contributed by atoms with van der Waals surface area (Å²) in [7, 11) is 5.27. The second-order valence-corrected chi connectivity index (χ2v) is 8.99. The number of hydrogen-bond acceptors (Lipinski definition) is 7. The molecule has 8 nitrogen and oxygen atoms in total. The zero-order valence-corrected chi connectivity index (χ0v) is 23.3. The first-order valence-electron chi connectivity index (χ1n) is 13.2. The van der Waals surface area contributed by atoms with Gasteiger partial charge in [-0.1, -0.05) is 26.0 Å². The zero-order valence-electron chi connectivity index (χ0n) is 23.3. The fourth-order valence-corrected chi connectivity index (χ4v) is 4.70. The third-order valence-electron chi connectivity index (χ3n) is 6.69. The first-order chi connectivity index (χ1) is 19.6. The van der Waals surface area contributed by atoms with Crippen molar-refractivity contribution < 1.29 is 9.47 Å². The third-order valence-corrected chi connectivity index (χ3v) is 6.69. The highest BCUT2D eigenvalue weighted by Crippen LogP contribution is 2.35. The number of methoxy groups -OCH3 is 2. The van der Waals surface area contributed by atoms with E-state index in [2.05, 4.69) is 73.4 Å². The van der Waals surface area contributed by atoms with Crippen LogP contribution in [0.3, 0.4) is 0 Å². The largest absolute Gasteiger partial charge is 0.481 e. The number of anilines is 1. The lowest BCUT2D eigenvalue weighted by atomic mass is 9.99. The highest BCUT2D eigenvalue weighted by atomic mass is 16.5. The van der Waals surface area contributed by atoms with E-state index in [1.54, 1.807) is 26.6 Å². The van der Waals surface area contributed by atoms with Gasteiger partial charge in [0.2, 0.25) is 11.8 Å². The van der Waals surface area contributed by atoms with E-state index in [0.29, 0.717) is 11.8 Å². The zero-order chi connectivity index (χ0) is 28.1. The van der Waals surface area contributed by atoms with Gasteiger partial charge < -0.3 is 19.4 Å². The standard InChI is InChI=1S/C30H26N6O2.C2H6/c1-36-13-10-19-4-5-20(14-26(19)36)24-15-23(16-25-30(24)32-12-11-31-25)35-29(21-6-8-27(37-2)33-17-21)22-7-9-28(38-3)34-18-22;1-2/h4-18,29,35H,1-3H3;1-2H3. The van der Waals surface area contributed by atoms with Crippen molar-refractivity contribution in [3.8, 4) is 22.9 Å². The normalized spacial score (nSPS) is 10.8. The Labute approximate surface area is 233 Å². The molecule has 0 amide bonds. The monoisotopic (exact) mass is 532 g/mol. The predicted octanol–water partition coefficient (Wildman–Crippen LogP) is 6.82. The smallest absolute Gasteiger partial charge is 0.212 e. The summed E-state index contributed by atoms with van der Waals surface area (Å²) in [4.78, 5) is 18.2. The van der Waals surface area contributed by atoms with E-state index in [-0.39, 0.29) is 6.04 Å². The Kier molecular flexibility index (Phi) is 7.87. The Bertz CT molecular complexity index is 1680. The molecular weight excluding hydrogens is 500 g/mol. The van der Waals surface area contributed by atoms with Gasteiger partial charge in [-0.15, -0.1) is 0 Å². The number of nitrogens with zero attached hydrogens (tertiary/aromatic N) is 5. The summed E-state index contributed by atoms with van der Waals surface area (Å²) in [5.74, 6) is 1.11. The summed E-state index contributed by atoms with van der Waals surface area (Å²) in [6.45, 7) is 4.00. The summed E-state index contributed by atoms with van der Waals surface area (Å²) >= 11 is 0. The van der Waals surface area contributed by atoms with Crippen molar-refractivity contribution in [2.24, 2.45) is 7.05 Å². The maximum absolute atomic E-state index is 5.27. The molecule has 6 rings (SSSR count). The fraction of sp³-hybridized carbons (Fsp3) is 0.188. The van der Waals surface area contributed by atoms with Crippen LogP contribution in [0.2, 0.25) is 0 Å². The summed E-state index contributed by atoms with van der Waals surface area (Å²) in [6.07, 6.45) is 9.14. The predicted molar refractivity (Wildman–Crippen MR) is 160 cm³/mol. The van der Waals surface area contributed by atoms with E-state index < -0.39 is 0 Å². The van der Waals surface area contributed by atoms with Crippen molar-refractivity contribution in [2.45, 2.75) is 19.9 Å². The highest BCUT2D eigenvalue weighted by molar-refractivity contribution is 5.97. The quantitative estimate of drug-likeness (QED) is 0.241. The van der Waals surface area contributed by atoms with Gasteiger partial charge in [0.15, 0.2) is 0 Å². The third kappa shape index (κ3) is 5.29. The van der Waals surface area contributed by atoms with Crippen LogP contribution in [0.15, 0.2) is 91.6 Å². The van der Waals surface area contributed by atoms with Crippen LogP contribution in [0.1, 0.15) is 31.0 Å². The topological polar surface area (TPSA) is 87.0 Å². The molecule has 8 heteroatoms. The minimum atomic E-state index is -0.232. The molecule has 202 valence electrons. The molecule has 0 radical (unpaired) electrons. The average molecular weight is 533 g/mol. The molecule has 4 aromatic heterocycles. The van der Waals surface area contributed by atoms with Crippen LogP contribution in [0.25, 0.3) is 33.1 Å². The number of ether oxygens (including phenoxy) is 2. The van der Waals surface area contributed by atoms with Gasteiger partial charge in [-0.05, 0) is 58.5 Å². The number of hydrogen-bond donors (Lipinski definition) is 1. The Morgan fingerprint density at radius 1 is 0.750 bits per heavy atom. The molecule has 0 aliphatic rings. The van der Waals surface area contributed by atoms with E-state index in [1.807, 2.05) is 56.6 Å². The SMILES string of the molecule is CC.COc1ccc(C(Nc2cc(-c3ccc4ccn(C)c4c3)c3nccnc3c2)c2ccc(OC)nc2)cn1. The van der Waals surface area contributed by atoms with Crippen LogP contribution in [0.5, 0.6) is 11.8 Å². The van der Waals surface area contributed by atoms with Gasteiger partial charge in [0.25, 0.3) is 0 Å². The first kappa shape index (κ1) is 26.6. The van der Waals surface area contributed by atoms with E-state index in [9.17, 15) is 0 Å². The highest BCUT2D eigenvalue weighted by Gasteiger charge is 2.18. The van der Waals surface area contributed by atoms with Crippen LogP contribution >= 0.6 is 0 Å². The summed E-state index contributed by atoms with van der Waals surface area (Å²) in [6, 6.07) is 20.2. The van der Waals surface area contributed by atoms with Crippen molar-refractivity contribution in [1.29, 1.82) is 0 Å². The van der Waals surface area contributed by atoms with Crippen LogP contribution < -0.4 is 14.8 Å². The molecule has 0 saturated carbocycles. The first-order valence-corrected chi connectivity index (χ1v) is 13.2. The average Bonchev–Trinajstić information content (AvgIpc) is 3.40. The number of pyridine rings is 2. The summed E-state index contributed by atoms with van der Waals surface area (Å²) in [5.41, 5.74) is 7.70. The number of fused-ring (bicyclic) bond motifs is 2. The van der Waals surface area contributed by atoms with Crippen molar-refractivity contribution in [3.63, 3.8) is 0 Å². The van der Waals surface area contributed by atoms with Crippen molar-refractivity contribution in [3.05, 3.63) is 103 Å². The Balaban J connectivity index is 0.00000158. The second kappa shape index (κ2) is 11.8. The van der Waals surface area contributed by atoms with Gasteiger partial charge in [-0.2, -0.15) is 0 Å². The number of nitrogens with one attached hydrogen (secondary N) is 1. The molecule has 0 unspecified atom stereocenters. The van der Waals surface area contributed by atoms with Crippen molar-refractivity contribution in [2.75, 3.05) is 19.5 Å². The lowest BCUT2D eigenvalue weighted by Gasteiger charge is -2.22. The molecule has 0 atom stereocenters. The van der Waals surface area contributed by atoms with Gasteiger partial charge in [0.05, 0.1) is 31.3 Å². The van der Waals surface area contributed by atoms with Crippen LogP contribution in [-0.4, -0.2) is 38.7 Å². The lowest BCUT2D eigenvalue weighted by Crippen LogP contribution is -2.13. The Morgan fingerprint density at radius 3 is 2.05 bits per heavy atom. The molecule has 2 aromatic carbocycles. The van der Waals surface area contributed by atoms with Crippen molar-refractivity contribution in [1.82, 2.24) is 24.5 Å². The van der Waals surface area contributed by atoms with Gasteiger partial charge >= 0.3 is 0 Å². The van der Waals surface area contributed by atoms with Crippen molar-refractivity contribution >= 4 is 27.6 Å². The molecule has 40 heavy (non-hydrogen) atoms. The molecule has 0 aliphatic carbocycles. The summed E-state index contributed by atoms with van der Waals surface area (Å²) < 4.78 is 12.7. The second-order valence-electron chi connectivity index (χ2n) is 8.99. The van der Waals surface area contributed by atoms with Crippen LogP contribution in [-0.2, 0) is 7.05 Å². The maximum Gasteiger partial charge on any atom is 0.212 e. The minimum Gasteiger partial charge on any atom is -0.481 e. The fourth-order valence-electron chi connectivity index (χ4n) is 4.70. The molecule has 1 N–H and O–H groups in total. The van der Waals surface area contributed by atoms with Gasteiger partial charge in [0.1, 0.15) is 0 Å². The van der Waals surface area contributed by atoms with Gasteiger partial charge in [-0.25, -0.2) is 9.97 Å². The van der Waals surface area contributed by atoms with Crippen LogP contribution in [0, 0.1) is 0 Å². The number of benzene rings is 2. The van der Waals surface area contributed by atoms with E-state index >= 15 is 0 Å². The molecule has 4 heterocycles. The maximum atomic E-state index is 5.27. The molecular formula is C32H32N6O2. The lowest BCUT2D eigenvalue weighted by molar-refractivity contribution is 0.397. The molecule has 0 bridgehead atoms. The Morgan fingerprint density at radius 2 is 1.43 bits per heavy atom. The van der Waals surface area contributed by atoms with Gasteiger partial charge in [0, 0.05) is 66.9 Å². The van der Waals surface area contributed by atoms with Crippen LogP contribution in [0.4, 0.5) is 5.69 Å². The number of aromatic nitrogens is 5. The number of rotatable bonds is 7.